The SMILES string of the molecule is Cc1[nH]nc2c1[C@@H](c1ccc([N+](=O)[O-])o1)C(C#N)=C(N)O2. The first-order valence-corrected chi connectivity index (χ1v) is 5.89. The first kappa shape index (κ1) is 12.7. The van der Waals surface area contributed by atoms with Crippen LogP contribution >= 0.6 is 0 Å². The van der Waals surface area contributed by atoms with E-state index in [9.17, 15) is 15.4 Å². The van der Waals surface area contributed by atoms with Crippen LogP contribution in [0, 0.1) is 28.4 Å². The van der Waals surface area contributed by atoms with Gasteiger partial charge in [-0.25, -0.2) is 0 Å². The highest BCUT2D eigenvalue weighted by Crippen LogP contribution is 2.43. The Labute approximate surface area is 117 Å². The van der Waals surface area contributed by atoms with Crippen LogP contribution in [0.3, 0.4) is 0 Å². The summed E-state index contributed by atoms with van der Waals surface area (Å²) in [5, 5.41) is 26.7. The summed E-state index contributed by atoms with van der Waals surface area (Å²) in [6, 6.07) is 4.62. The summed E-state index contributed by atoms with van der Waals surface area (Å²) in [7, 11) is 0. The first-order chi connectivity index (χ1) is 10.0. The van der Waals surface area contributed by atoms with Gasteiger partial charge in [-0.1, -0.05) is 0 Å². The van der Waals surface area contributed by atoms with Gasteiger partial charge >= 0.3 is 5.88 Å². The van der Waals surface area contributed by atoms with Crippen molar-refractivity contribution in [1.82, 2.24) is 10.2 Å². The Kier molecular flexibility index (Phi) is 2.66. The molecule has 0 saturated heterocycles. The Hall–Kier alpha value is -3.28. The van der Waals surface area contributed by atoms with Crippen LogP contribution in [0.4, 0.5) is 5.88 Å². The van der Waals surface area contributed by atoms with E-state index in [1.807, 2.05) is 6.07 Å². The van der Waals surface area contributed by atoms with Gasteiger partial charge in [0.15, 0.2) is 0 Å². The molecule has 0 radical (unpaired) electrons. The number of hydrogen-bond acceptors (Lipinski definition) is 7. The third-order valence-electron chi connectivity index (χ3n) is 3.21. The van der Waals surface area contributed by atoms with Gasteiger partial charge in [-0.15, -0.1) is 5.10 Å². The van der Waals surface area contributed by atoms with Crippen LogP contribution in [-0.2, 0) is 0 Å². The fourth-order valence-electron chi connectivity index (χ4n) is 2.28. The summed E-state index contributed by atoms with van der Waals surface area (Å²) in [5.74, 6) is -0.731. The second-order valence-electron chi connectivity index (χ2n) is 4.43. The average molecular weight is 287 g/mol. The molecular formula is C12H9N5O4. The Morgan fingerprint density at radius 3 is 2.95 bits per heavy atom. The van der Waals surface area contributed by atoms with E-state index in [0.717, 1.165) is 0 Å². The second-order valence-corrected chi connectivity index (χ2v) is 4.43. The molecule has 0 aliphatic carbocycles. The fraction of sp³-hybridized carbons (Fsp3) is 0.167. The lowest BCUT2D eigenvalue weighted by molar-refractivity contribution is -0.402. The van der Waals surface area contributed by atoms with Crippen LogP contribution in [0.2, 0.25) is 0 Å². The highest BCUT2D eigenvalue weighted by molar-refractivity contribution is 5.53. The fourth-order valence-corrected chi connectivity index (χ4v) is 2.28. The first-order valence-electron chi connectivity index (χ1n) is 5.89. The molecule has 2 aromatic heterocycles. The van der Waals surface area contributed by atoms with E-state index < -0.39 is 16.7 Å². The molecule has 21 heavy (non-hydrogen) atoms. The van der Waals surface area contributed by atoms with Gasteiger partial charge in [0.2, 0.25) is 11.8 Å². The largest absolute Gasteiger partial charge is 0.433 e. The minimum atomic E-state index is -0.689. The van der Waals surface area contributed by atoms with Crippen molar-refractivity contribution in [1.29, 1.82) is 5.26 Å². The normalized spacial score (nSPS) is 17.0. The molecule has 3 heterocycles. The molecule has 0 unspecified atom stereocenters. The Bertz CT molecular complexity index is 810. The van der Waals surface area contributed by atoms with Gasteiger partial charge in [-0.2, -0.15) is 5.26 Å². The number of nitrogens with two attached hydrogens (primary N) is 1. The molecule has 0 aromatic carbocycles. The summed E-state index contributed by atoms with van der Waals surface area (Å²) >= 11 is 0. The number of nitro groups is 1. The number of fused-ring (bicyclic) bond motifs is 1. The van der Waals surface area contributed by atoms with E-state index in [2.05, 4.69) is 10.2 Å². The van der Waals surface area contributed by atoms with Gasteiger partial charge in [0.1, 0.15) is 22.3 Å². The van der Waals surface area contributed by atoms with Crippen molar-refractivity contribution < 1.29 is 14.1 Å². The highest BCUT2D eigenvalue weighted by Gasteiger charge is 2.36. The molecule has 106 valence electrons. The van der Waals surface area contributed by atoms with Crippen LogP contribution in [0.1, 0.15) is 22.9 Å². The van der Waals surface area contributed by atoms with Crippen LogP contribution in [0.15, 0.2) is 28.0 Å². The summed E-state index contributed by atoms with van der Waals surface area (Å²) in [5.41, 5.74) is 7.07. The lowest BCUT2D eigenvalue weighted by Gasteiger charge is -2.21. The van der Waals surface area contributed by atoms with E-state index >= 15 is 0 Å². The predicted molar refractivity (Wildman–Crippen MR) is 68.0 cm³/mol. The van der Waals surface area contributed by atoms with Gasteiger partial charge in [-0.3, -0.25) is 15.2 Å². The van der Waals surface area contributed by atoms with E-state index in [-0.39, 0.29) is 23.1 Å². The summed E-state index contributed by atoms with van der Waals surface area (Å²) < 4.78 is 10.5. The average Bonchev–Trinajstić information content (AvgIpc) is 3.05. The number of aromatic amines is 1. The Balaban J connectivity index is 2.19. The molecule has 1 atom stereocenters. The zero-order valence-corrected chi connectivity index (χ0v) is 10.8. The summed E-state index contributed by atoms with van der Waals surface area (Å²) in [6.07, 6.45) is 0. The monoisotopic (exact) mass is 287 g/mol. The molecule has 9 heteroatoms. The predicted octanol–water partition coefficient (Wildman–Crippen LogP) is 1.44. The van der Waals surface area contributed by atoms with Crippen molar-refractivity contribution >= 4 is 5.88 Å². The maximum absolute atomic E-state index is 10.7. The smallest absolute Gasteiger partial charge is 0.420 e. The number of nitriles is 1. The van der Waals surface area contributed by atoms with Crippen molar-refractivity contribution in [2.24, 2.45) is 5.73 Å². The molecule has 0 spiro atoms. The summed E-state index contributed by atoms with van der Waals surface area (Å²) in [6.45, 7) is 1.75. The van der Waals surface area contributed by atoms with Crippen LogP contribution in [0.5, 0.6) is 5.88 Å². The van der Waals surface area contributed by atoms with E-state index in [1.165, 1.54) is 12.1 Å². The Morgan fingerprint density at radius 1 is 1.57 bits per heavy atom. The molecule has 0 bridgehead atoms. The molecule has 9 nitrogen and oxygen atoms in total. The number of rotatable bonds is 2. The minimum absolute atomic E-state index is 0.0967. The Morgan fingerprint density at radius 2 is 2.33 bits per heavy atom. The molecule has 0 fully saturated rings. The quantitative estimate of drug-likeness (QED) is 0.627. The second kappa shape index (κ2) is 4.38. The number of aryl methyl sites for hydroxylation is 1. The number of nitrogens with zero attached hydrogens (tertiary/aromatic N) is 3. The molecule has 3 rings (SSSR count). The van der Waals surface area contributed by atoms with Gasteiger partial charge < -0.3 is 14.9 Å². The van der Waals surface area contributed by atoms with Gasteiger partial charge in [-0.05, 0) is 13.0 Å². The van der Waals surface area contributed by atoms with Crippen LogP contribution in [-0.4, -0.2) is 15.1 Å². The maximum atomic E-state index is 10.7. The highest BCUT2D eigenvalue weighted by atomic mass is 16.6. The molecule has 1 aliphatic heterocycles. The zero-order chi connectivity index (χ0) is 15.1. The number of hydrogen-bond donors (Lipinski definition) is 2. The van der Waals surface area contributed by atoms with Gasteiger partial charge in [0.25, 0.3) is 0 Å². The number of aromatic nitrogens is 2. The number of nitrogens with one attached hydrogen (secondary N) is 1. The van der Waals surface area contributed by atoms with Crippen molar-refractivity contribution in [3.05, 3.63) is 50.7 Å². The van der Waals surface area contributed by atoms with Gasteiger partial charge in [0, 0.05) is 5.69 Å². The van der Waals surface area contributed by atoms with E-state index in [4.69, 9.17) is 14.9 Å². The molecule has 2 aromatic rings. The molecule has 3 N–H and O–H groups in total. The summed E-state index contributed by atoms with van der Waals surface area (Å²) in [4.78, 5) is 10.1. The van der Waals surface area contributed by atoms with E-state index in [0.29, 0.717) is 11.3 Å². The van der Waals surface area contributed by atoms with Crippen LogP contribution in [0.25, 0.3) is 0 Å². The molecular weight excluding hydrogens is 278 g/mol. The van der Waals surface area contributed by atoms with Crippen molar-refractivity contribution in [2.45, 2.75) is 12.8 Å². The third-order valence-corrected chi connectivity index (χ3v) is 3.21. The number of ether oxygens (including phenoxy) is 1. The maximum Gasteiger partial charge on any atom is 0.433 e. The van der Waals surface area contributed by atoms with Crippen LogP contribution < -0.4 is 10.5 Å². The lowest BCUT2D eigenvalue weighted by atomic mass is 9.88. The standard InChI is InChI=1S/C12H9N5O4/c1-5-9-10(7-2-3-8(20-7)17(18)19)6(4-13)11(14)21-12(9)16-15-5/h2-3,10H,14H2,1H3,(H,15,16)/t10-/m1/s1. The number of H-pyrrole nitrogens is 1. The van der Waals surface area contributed by atoms with Crippen molar-refractivity contribution in [3.8, 4) is 11.9 Å². The number of allylic oxidation sites excluding steroid dienone is 1. The van der Waals surface area contributed by atoms with Gasteiger partial charge in [0.05, 0.1) is 17.5 Å². The molecule has 0 saturated carbocycles. The third kappa shape index (κ3) is 1.81. The van der Waals surface area contributed by atoms with E-state index in [1.54, 1.807) is 6.92 Å². The van der Waals surface area contributed by atoms with Crippen molar-refractivity contribution in [2.75, 3.05) is 0 Å². The molecule has 0 amide bonds. The zero-order valence-electron chi connectivity index (χ0n) is 10.8. The topological polar surface area (TPSA) is 144 Å². The lowest BCUT2D eigenvalue weighted by Crippen LogP contribution is -2.20. The molecule has 1 aliphatic rings. The van der Waals surface area contributed by atoms with Crippen molar-refractivity contribution in [3.63, 3.8) is 0 Å². The minimum Gasteiger partial charge on any atom is -0.420 e. The number of furan rings is 1.